The van der Waals surface area contributed by atoms with Gasteiger partial charge in [0.15, 0.2) is 0 Å². The van der Waals surface area contributed by atoms with Gasteiger partial charge in [-0.05, 0) is 44.6 Å². The van der Waals surface area contributed by atoms with Gasteiger partial charge >= 0.3 is 12.1 Å². The van der Waals surface area contributed by atoms with E-state index in [1.807, 2.05) is 26.8 Å². The van der Waals surface area contributed by atoms with E-state index in [0.717, 1.165) is 6.42 Å². The fourth-order valence-corrected chi connectivity index (χ4v) is 3.85. The molecule has 0 aromatic heterocycles. The Morgan fingerprint density at radius 3 is 2.23 bits per heavy atom. The number of carbonyl (C=O) groups is 4. The number of hydrogen-bond donors (Lipinski definition) is 2. The molecule has 1 aliphatic rings. The largest absolute Gasteiger partial charge is 0.468 e. The van der Waals surface area contributed by atoms with Gasteiger partial charge in [0, 0.05) is 6.04 Å². The summed E-state index contributed by atoms with van der Waals surface area (Å²) in [4.78, 5) is 53.3. The molecular formula is C26H39N3O6. The Bertz CT molecular complexity index is 898. The van der Waals surface area contributed by atoms with E-state index in [1.165, 1.54) is 7.11 Å². The molecule has 1 fully saturated rings. The molecule has 1 aliphatic carbocycles. The van der Waals surface area contributed by atoms with Crippen molar-refractivity contribution in [3.63, 3.8) is 0 Å². The van der Waals surface area contributed by atoms with Crippen LogP contribution in [0.3, 0.4) is 0 Å². The summed E-state index contributed by atoms with van der Waals surface area (Å²) in [6, 6.07) is 6.91. The van der Waals surface area contributed by atoms with Crippen LogP contribution in [0.2, 0.25) is 0 Å². The summed E-state index contributed by atoms with van der Waals surface area (Å²) in [5.74, 6) is -1.46. The Hall–Kier alpha value is -3.10. The molecule has 1 saturated carbocycles. The molecule has 3 amide bonds. The van der Waals surface area contributed by atoms with Crippen LogP contribution in [0.1, 0.15) is 66.0 Å². The maximum Gasteiger partial charge on any atom is 0.408 e. The smallest absolute Gasteiger partial charge is 0.408 e. The number of carbonyl (C=O) groups excluding carboxylic acids is 4. The molecule has 0 bridgehead atoms. The SMILES string of the molecule is CCC(C)C(NC(=O)OC(C)(C)C)C(=O)N(C(C(=O)NCC(=O)OC)c1ccccc1)C1CC1C. The van der Waals surface area contributed by atoms with Gasteiger partial charge in [0.05, 0.1) is 7.11 Å². The molecule has 0 heterocycles. The molecule has 0 aliphatic heterocycles. The van der Waals surface area contributed by atoms with Crippen LogP contribution in [0.25, 0.3) is 0 Å². The molecular weight excluding hydrogens is 450 g/mol. The average molecular weight is 490 g/mol. The summed E-state index contributed by atoms with van der Waals surface area (Å²) in [6.07, 6.45) is 0.676. The maximum atomic E-state index is 14.1. The van der Waals surface area contributed by atoms with E-state index in [0.29, 0.717) is 12.0 Å². The van der Waals surface area contributed by atoms with E-state index in [-0.39, 0.29) is 30.3 Å². The lowest BCUT2D eigenvalue weighted by Crippen LogP contribution is -2.56. The minimum atomic E-state index is -0.977. The van der Waals surface area contributed by atoms with Crippen molar-refractivity contribution in [2.75, 3.05) is 13.7 Å². The van der Waals surface area contributed by atoms with Crippen molar-refractivity contribution in [3.05, 3.63) is 35.9 Å². The third-order valence-electron chi connectivity index (χ3n) is 6.11. The number of benzene rings is 1. The molecule has 0 spiro atoms. The molecule has 2 N–H and O–H groups in total. The highest BCUT2D eigenvalue weighted by molar-refractivity contribution is 5.93. The molecule has 0 radical (unpaired) electrons. The van der Waals surface area contributed by atoms with Crippen LogP contribution < -0.4 is 10.6 Å². The van der Waals surface area contributed by atoms with E-state index in [4.69, 9.17) is 4.74 Å². The Kier molecular flexibility index (Phi) is 9.68. The van der Waals surface area contributed by atoms with Crippen LogP contribution >= 0.6 is 0 Å². The second kappa shape index (κ2) is 12.0. The van der Waals surface area contributed by atoms with Gasteiger partial charge in [-0.1, -0.05) is 57.5 Å². The van der Waals surface area contributed by atoms with Crippen molar-refractivity contribution >= 4 is 23.9 Å². The van der Waals surface area contributed by atoms with E-state index >= 15 is 0 Å². The second-order valence-corrected chi connectivity index (χ2v) is 10.1. The molecule has 194 valence electrons. The van der Waals surface area contributed by atoms with Gasteiger partial charge in [0.1, 0.15) is 24.2 Å². The molecule has 2 rings (SSSR count). The fraction of sp³-hybridized carbons (Fsp3) is 0.615. The van der Waals surface area contributed by atoms with Crippen molar-refractivity contribution in [2.45, 2.75) is 78.1 Å². The van der Waals surface area contributed by atoms with Crippen LogP contribution in [0.15, 0.2) is 30.3 Å². The number of alkyl carbamates (subject to hydrolysis) is 1. The van der Waals surface area contributed by atoms with Crippen molar-refractivity contribution in [3.8, 4) is 0 Å². The molecule has 9 nitrogen and oxygen atoms in total. The predicted molar refractivity (Wildman–Crippen MR) is 131 cm³/mol. The predicted octanol–water partition coefficient (Wildman–Crippen LogP) is 3.19. The third kappa shape index (κ3) is 7.97. The van der Waals surface area contributed by atoms with Crippen LogP contribution in [-0.4, -0.2) is 60.1 Å². The summed E-state index contributed by atoms with van der Waals surface area (Å²) in [7, 11) is 1.24. The first kappa shape index (κ1) is 28.1. The van der Waals surface area contributed by atoms with Gasteiger partial charge in [-0.15, -0.1) is 0 Å². The Labute approximate surface area is 207 Å². The quantitative estimate of drug-likeness (QED) is 0.488. The summed E-state index contributed by atoms with van der Waals surface area (Å²) in [6.45, 7) is 10.8. The molecule has 35 heavy (non-hydrogen) atoms. The van der Waals surface area contributed by atoms with Gasteiger partial charge in [-0.25, -0.2) is 4.79 Å². The number of ether oxygens (including phenoxy) is 2. The fourth-order valence-electron chi connectivity index (χ4n) is 3.85. The Morgan fingerprint density at radius 1 is 1.14 bits per heavy atom. The topological polar surface area (TPSA) is 114 Å². The number of methoxy groups -OCH3 is 1. The number of hydrogen-bond acceptors (Lipinski definition) is 6. The summed E-state index contributed by atoms with van der Waals surface area (Å²) < 4.78 is 10.1. The first-order valence-electron chi connectivity index (χ1n) is 12.1. The molecule has 1 aromatic rings. The molecule has 0 saturated heterocycles. The zero-order valence-electron chi connectivity index (χ0n) is 21.8. The van der Waals surface area contributed by atoms with Gasteiger partial charge in [-0.2, -0.15) is 0 Å². The van der Waals surface area contributed by atoms with Crippen LogP contribution in [0.4, 0.5) is 4.79 Å². The van der Waals surface area contributed by atoms with Gasteiger partial charge < -0.3 is 25.0 Å². The Morgan fingerprint density at radius 2 is 1.74 bits per heavy atom. The normalized spacial score (nSPS) is 19.5. The van der Waals surface area contributed by atoms with Crippen molar-refractivity contribution in [2.24, 2.45) is 11.8 Å². The Balaban J connectivity index is 2.45. The minimum absolute atomic E-state index is 0.177. The van der Waals surface area contributed by atoms with Crippen LogP contribution in [0.5, 0.6) is 0 Å². The molecule has 5 atom stereocenters. The lowest BCUT2D eigenvalue weighted by Gasteiger charge is -2.36. The van der Waals surface area contributed by atoms with Crippen LogP contribution in [-0.2, 0) is 23.9 Å². The first-order chi connectivity index (χ1) is 16.4. The zero-order valence-corrected chi connectivity index (χ0v) is 21.8. The number of rotatable bonds is 10. The van der Waals surface area contributed by atoms with Crippen molar-refractivity contribution in [1.82, 2.24) is 15.5 Å². The number of nitrogens with one attached hydrogen (secondary N) is 2. The monoisotopic (exact) mass is 489 g/mol. The van der Waals surface area contributed by atoms with E-state index in [1.54, 1.807) is 49.9 Å². The van der Waals surface area contributed by atoms with Crippen LogP contribution in [0, 0.1) is 11.8 Å². The highest BCUT2D eigenvalue weighted by atomic mass is 16.6. The summed E-state index contributed by atoms with van der Waals surface area (Å²) in [5, 5.41) is 5.35. The highest BCUT2D eigenvalue weighted by Crippen LogP contribution is 2.41. The number of nitrogens with zero attached hydrogens (tertiary/aromatic N) is 1. The minimum Gasteiger partial charge on any atom is -0.468 e. The average Bonchev–Trinajstić information content (AvgIpc) is 3.53. The zero-order chi connectivity index (χ0) is 26.3. The summed E-state index contributed by atoms with van der Waals surface area (Å²) >= 11 is 0. The van der Waals surface area contributed by atoms with E-state index in [2.05, 4.69) is 15.4 Å². The van der Waals surface area contributed by atoms with Gasteiger partial charge in [0.25, 0.3) is 0 Å². The summed E-state index contributed by atoms with van der Waals surface area (Å²) in [5.41, 5.74) is -0.111. The molecule has 5 unspecified atom stereocenters. The molecule has 1 aromatic carbocycles. The molecule has 9 heteroatoms. The van der Waals surface area contributed by atoms with Crippen molar-refractivity contribution < 1.29 is 28.7 Å². The second-order valence-electron chi connectivity index (χ2n) is 10.1. The maximum absolute atomic E-state index is 14.1. The lowest BCUT2D eigenvalue weighted by molar-refractivity contribution is -0.146. The van der Waals surface area contributed by atoms with Crippen molar-refractivity contribution in [1.29, 1.82) is 0 Å². The third-order valence-corrected chi connectivity index (χ3v) is 6.11. The first-order valence-corrected chi connectivity index (χ1v) is 12.1. The van der Waals surface area contributed by atoms with E-state index < -0.39 is 35.7 Å². The number of amides is 3. The standard InChI is InChI=1S/C26H39N3O6/c1-8-16(2)21(28-25(33)35-26(4,5)6)24(32)29(19-14-17(19)3)22(18-12-10-9-11-13-18)23(31)27-15-20(30)34-7/h9-13,16-17,19,21-22H,8,14-15H2,1-7H3,(H,27,31)(H,28,33). The highest BCUT2D eigenvalue weighted by Gasteiger charge is 2.48. The van der Waals surface area contributed by atoms with Gasteiger partial charge in [-0.3, -0.25) is 14.4 Å². The van der Waals surface area contributed by atoms with E-state index in [9.17, 15) is 19.2 Å². The van der Waals surface area contributed by atoms with Gasteiger partial charge in [0.2, 0.25) is 11.8 Å². The number of esters is 1. The lowest BCUT2D eigenvalue weighted by atomic mass is 9.95.